The van der Waals surface area contributed by atoms with Gasteiger partial charge in [0.05, 0.1) is 12.2 Å². The molecule has 0 saturated carbocycles. The fourth-order valence-electron chi connectivity index (χ4n) is 1.32. The number of hydrogen-bond donors (Lipinski definition) is 3. The number of carboxylic acids is 1. The number of carboxylic acid groups (broad SMARTS) is 1. The van der Waals surface area contributed by atoms with Gasteiger partial charge in [0, 0.05) is 9.92 Å². The van der Waals surface area contributed by atoms with E-state index in [1.165, 1.54) is 11.8 Å². The lowest BCUT2D eigenvalue weighted by atomic mass is 10.2. The molecule has 0 bridgehead atoms. The Balaban J connectivity index is 2.47. The number of carbonyl (C=O) groups is 3. The van der Waals surface area contributed by atoms with E-state index in [0.29, 0.717) is 5.02 Å². The van der Waals surface area contributed by atoms with E-state index in [9.17, 15) is 14.4 Å². The van der Waals surface area contributed by atoms with Crippen LogP contribution < -0.4 is 11.1 Å². The van der Waals surface area contributed by atoms with E-state index in [-0.39, 0.29) is 5.75 Å². The summed E-state index contributed by atoms with van der Waals surface area (Å²) in [5, 5.41) is 11.7. The van der Waals surface area contributed by atoms with Crippen LogP contribution in [0.4, 0.5) is 0 Å². The van der Waals surface area contributed by atoms with Crippen LogP contribution in [0.5, 0.6) is 0 Å². The first-order chi connectivity index (χ1) is 9.38. The second-order valence-electron chi connectivity index (χ2n) is 3.87. The van der Waals surface area contributed by atoms with Crippen LogP contribution in [0.2, 0.25) is 5.02 Å². The van der Waals surface area contributed by atoms with Crippen molar-refractivity contribution in [3.63, 3.8) is 0 Å². The highest BCUT2D eigenvalue weighted by molar-refractivity contribution is 8.00. The summed E-state index contributed by atoms with van der Waals surface area (Å²) in [6, 6.07) is 5.58. The third-order valence-electron chi connectivity index (χ3n) is 2.22. The Morgan fingerprint density at radius 3 is 2.40 bits per heavy atom. The van der Waals surface area contributed by atoms with Gasteiger partial charge < -0.3 is 16.2 Å². The average molecular weight is 317 g/mol. The second kappa shape index (κ2) is 7.76. The van der Waals surface area contributed by atoms with E-state index < -0.39 is 30.2 Å². The van der Waals surface area contributed by atoms with Crippen molar-refractivity contribution in [2.24, 2.45) is 5.73 Å². The van der Waals surface area contributed by atoms with Crippen LogP contribution in [0.3, 0.4) is 0 Å². The number of hydrogen-bond acceptors (Lipinski definition) is 4. The van der Waals surface area contributed by atoms with Crippen LogP contribution in [0.15, 0.2) is 29.2 Å². The zero-order chi connectivity index (χ0) is 15.1. The molecule has 0 heterocycles. The largest absolute Gasteiger partial charge is 0.480 e. The lowest BCUT2D eigenvalue weighted by Gasteiger charge is -2.12. The highest BCUT2D eigenvalue weighted by Crippen LogP contribution is 2.19. The van der Waals surface area contributed by atoms with Gasteiger partial charge in [0.25, 0.3) is 0 Å². The van der Waals surface area contributed by atoms with Gasteiger partial charge in [-0.25, -0.2) is 4.79 Å². The average Bonchev–Trinajstić information content (AvgIpc) is 2.36. The molecule has 0 spiro atoms. The minimum Gasteiger partial charge on any atom is -0.480 e. The molecular formula is C12H13ClN2O4S. The number of amides is 2. The van der Waals surface area contributed by atoms with Gasteiger partial charge in [-0.3, -0.25) is 9.59 Å². The zero-order valence-electron chi connectivity index (χ0n) is 10.3. The van der Waals surface area contributed by atoms with Gasteiger partial charge in [-0.15, -0.1) is 11.8 Å². The Labute approximate surface area is 124 Å². The van der Waals surface area contributed by atoms with Crippen LogP contribution in [-0.2, 0) is 14.4 Å². The highest BCUT2D eigenvalue weighted by atomic mass is 35.5. The summed E-state index contributed by atoms with van der Waals surface area (Å²) in [7, 11) is 0. The molecule has 1 aromatic carbocycles. The van der Waals surface area contributed by atoms with Crippen molar-refractivity contribution >= 4 is 41.1 Å². The Bertz CT molecular complexity index is 507. The van der Waals surface area contributed by atoms with E-state index in [4.69, 9.17) is 22.4 Å². The molecule has 0 aliphatic carbocycles. The van der Waals surface area contributed by atoms with Crippen LogP contribution in [0.1, 0.15) is 6.42 Å². The molecule has 0 aliphatic heterocycles. The van der Waals surface area contributed by atoms with Crippen molar-refractivity contribution in [3.8, 4) is 0 Å². The van der Waals surface area contributed by atoms with Crippen LogP contribution in [-0.4, -0.2) is 34.7 Å². The molecule has 0 fully saturated rings. The van der Waals surface area contributed by atoms with Gasteiger partial charge in [0.1, 0.15) is 6.04 Å². The van der Waals surface area contributed by atoms with Crippen molar-refractivity contribution < 1.29 is 19.5 Å². The summed E-state index contributed by atoms with van der Waals surface area (Å²) < 4.78 is 0. The molecular weight excluding hydrogens is 304 g/mol. The molecule has 0 radical (unpaired) electrons. The number of benzene rings is 1. The van der Waals surface area contributed by atoms with Crippen molar-refractivity contribution in [1.82, 2.24) is 5.32 Å². The Morgan fingerprint density at radius 1 is 1.30 bits per heavy atom. The van der Waals surface area contributed by atoms with Crippen LogP contribution in [0, 0.1) is 0 Å². The normalized spacial score (nSPS) is 11.7. The Morgan fingerprint density at radius 2 is 1.90 bits per heavy atom. The van der Waals surface area contributed by atoms with Gasteiger partial charge in [-0.2, -0.15) is 0 Å². The first-order valence-corrected chi connectivity index (χ1v) is 6.93. The SMILES string of the molecule is NC(=O)C[C@@H](NC(=O)CSc1ccc(Cl)cc1)C(=O)O. The van der Waals surface area contributed by atoms with Crippen molar-refractivity contribution in [2.45, 2.75) is 17.4 Å². The van der Waals surface area contributed by atoms with Crippen molar-refractivity contribution in [1.29, 1.82) is 0 Å². The highest BCUT2D eigenvalue weighted by Gasteiger charge is 2.21. The first-order valence-electron chi connectivity index (χ1n) is 5.57. The smallest absolute Gasteiger partial charge is 0.326 e. The summed E-state index contributed by atoms with van der Waals surface area (Å²) in [4.78, 5) is 34.0. The summed E-state index contributed by atoms with van der Waals surface area (Å²) in [5.74, 6) is -2.54. The van der Waals surface area contributed by atoms with Crippen LogP contribution in [0.25, 0.3) is 0 Å². The van der Waals surface area contributed by atoms with E-state index in [0.717, 1.165) is 4.90 Å². The maximum atomic E-state index is 11.6. The standard InChI is InChI=1S/C12H13ClN2O4S/c13-7-1-3-8(4-2-7)20-6-11(17)15-9(12(18)19)5-10(14)16/h1-4,9H,5-6H2,(H2,14,16)(H,15,17)(H,18,19)/t9-/m1/s1. The van der Waals surface area contributed by atoms with E-state index in [1.807, 2.05) is 0 Å². The number of halogens is 1. The third-order valence-corrected chi connectivity index (χ3v) is 3.49. The van der Waals surface area contributed by atoms with Gasteiger partial charge >= 0.3 is 5.97 Å². The Kier molecular flexibility index (Phi) is 6.33. The molecule has 0 saturated heterocycles. The maximum absolute atomic E-state index is 11.6. The number of nitrogens with one attached hydrogen (secondary N) is 1. The zero-order valence-corrected chi connectivity index (χ0v) is 11.9. The molecule has 108 valence electrons. The summed E-state index contributed by atoms with van der Waals surface area (Å²) in [6.07, 6.45) is -0.438. The maximum Gasteiger partial charge on any atom is 0.326 e. The van der Waals surface area contributed by atoms with E-state index in [2.05, 4.69) is 5.32 Å². The second-order valence-corrected chi connectivity index (χ2v) is 5.36. The summed E-state index contributed by atoms with van der Waals surface area (Å²) in [6.45, 7) is 0. The van der Waals surface area contributed by atoms with Crippen molar-refractivity contribution in [3.05, 3.63) is 29.3 Å². The number of thioether (sulfide) groups is 1. The first kappa shape index (κ1) is 16.3. The lowest BCUT2D eigenvalue weighted by Crippen LogP contribution is -2.44. The van der Waals surface area contributed by atoms with Crippen molar-refractivity contribution in [2.75, 3.05) is 5.75 Å². The lowest BCUT2D eigenvalue weighted by molar-refractivity contribution is -0.143. The number of nitrogens with two attached hydrogens (primary N) is 1. The fourth-order valence-corrected chi connectivity index (χ4v) is 2.15. The quantitative estimate of drug-likeness (QED) is 0.647. The summed E-state index contributed by atoms with van der Waals surface area (Å²) >= 11 is 6.96. The van der Waals surface area contributed by atoms with Gasteiger partial charge in [-0.1, -0.05) is 11.6 Å². The van der Waals surface area contributed by atoms with Gasteiger partial charge in [0.2, 0.25) is 11.8 Å². The minimum atomic E-state index is -1.30. The molecule has 2 amide bonds. The molecule has 0 unspecified atom stereocenters. The molecule has 4 N–H and O–H groups in total. The molecule has 6 nitrogen and oxygen atoms in total. The predicted molar refractivity (Wildman–Crippen MR) is 75.6 cm³/mol. The number of rotatable bonds is 7. The monoisotopic (exact) mass is 316 g/mol. The van der Waals surface area contributed by atoms with E-state index >= 15 is 0 Å². The number of aliphatic carboxylic acids is 1. The van der Waals surface area contributed by atoms with Gasteiger partial charge in [-0.05, 0) is 24.3 Å². The molecule has 1 atom stereocenters. The molecule has 0 aliphatic rings. The van der Waals surface area contributed by atoms with Crippen LogP contribution >= 0.6 is 23.4 Å². The van der Waals surface area contributed by atoms with E-state index in [1.54, 1.807) is 24.3 Å². The molecule has 8 heteroatoms. The molecule has 20 heavy (non-hydrogen) atoms. The molecule has 1 rings (SSSR count). The summed E-state index contributed by atoms with van der Waals surface area (Å²) in [5.41, 5.74) is 4.91. The number of primary amides is 1. The predicted octanol–water partition coefficient (Wildman–Crippen LogP) is 0.877. The topological polar surface area (TPSA) is 109 Å². The van der Waals surface area contributed by atoms with Gasteiger partial charge in [0.15, 0.2) is 0 Å². The fraction of sp³-hybridized carbons (Fsp3) is 0.250. The molecule has 1 aromatic rings. The number of carbonyl (C=O) groups excluding carboxylic acids is 2. The Hall–Kier alpha value is -1.73. The minimum absolute atomic E-state index is 0.0319. The third kappa shape index (κ3) is 5.94. The molecule has 0 aromatic heterocycles.